The van der Waals surface area contributed by atoms with Gasteiger partial charge in [0.2, 0.25) is 0 Å². The average Bonchev–Trinajstić information content (AvgIpc) is 2.49. The fraction of sp³-hybridized carbons (Fsp3) is 0.500. The molecule has 1 aliphatic rings. The van der Waals surface area contributed by atoms with Gasteiger partial charge in [-0.3, -0.25) is 4.90 Å². The van der Waals surface area contributed by atoms with E-state index in [2.05, 4.69) is 35.0 Å². The zero-order valence-electron chi connectivity index (χ0n) is 13.0. The van der Waals surface area contributed by atoms with Gasteiger partial charge in [-0.2, -0.15) is 0 Å². The van der Waals surface area contributed by atoms with Gasteiger partial charge in [-0.1, -0.05) is 12.1 Å². The molecule has 1 aliphatic heterocycles. The van der Waals surface area contributed by atoms with Crippen LogP contribution in [0.25, 0.3) is 0 Å². The lowest BCUT2D eigenvalue weighted by Crippen LogP contribution is -2.35. The van der Waals surface area contributed by atoms with Crippen LogP contribution in [-0.2, 0) is 17.8 Å². The Hall–Kier alpha value is -0.780. The monoisotopic (exact) mass is 348 g/mol. The number of morpholine rings is 1. The Morgan fingerprint density at radius 1 is 1.32 bits per heavy atom. The predicted octanol–water partition coefficient (Wildman–Crippen LogP) is 2.65. The highest BCUT2D eigenvalue weighted by Gasteiger charge is 2.13. The topological polar surface area (TPSA) is 33.7 Å². The summed E-state index contributed by atoms with van der Waals surface area (Å²) in [5.41, 5.74) is 2.52. The van der Waals surface area contributed by atoms with E-state index >= 15 is 0 Å². The summed E-state index contributed by atoms with van der Waals surface area (Å²) in [6.07, 6.45) is 1.87. The van der Waals surface area contributed by atoms with Crippen LogP contribution in [0.15, 0.2) is 30.9 Å². The first kappa shape index (κ1) is 21.2. The zero-order valence-corrected chi connectivity index (χ0v) is 14.7. The minimum absolute atomic E-state index is 0. The number of hydrogen-bond donors (Lipinski definition) is 1. The number of halogens is 2. The summed E-state index contributed by atoms with van der Waals surface area (Å²) in [6.45, 7) is 9.93. The van der Waals surface area contributed by atoms with Gasteiger partial charge in [-0.05, 0) is 17.7 Å². The minimum atomic E-state index is 0. The van der Waals surface area contributed by atoms with Crippen LogP contribution in [0.2, 0.25) is 0 Å². The molecule has 1 aromatic rings. The molecule has 6 heteroatoms. The third kappa shape index (κ3) is 6.55. The van der Waals surface area contributed by atoms with E-state index in [1.807, 2.05) is 6.08 Å². The lowest BCUT2D eigenvalue weighted by atomic mass is 10.1. The molecule has 1 N–H and O–H groups in total. The van der Waals surface area contributed by atoms with Gasteiger partial charge >= 0.3 is 0 Å². The normalized spacial score (nSPS) is 14.6. The maximum Gasteiger partial charge on any atom is 0.123 e. The summed E-state index contributed by atoms with van der Waals surface area (Å²) in [5.74, 6) is 0.962. The molecule has 1 heterocycles. The molecule has 22 heavy (non-hydrogen) atoms. The Labute approximate surface area is 145 Å². The first-order chi connectivity index (χ1) is 9.83. The number of nitrogens with one attached hydrogen (secondary N) is 1. The lowest BCUT2D eigenvalue weighted by molar-refractivity contribution is 0.0339. The van der Waals surface area contributed by atoms with Crippen molar-refractivity contribution in [3.8, 4) is 5.75 Å². The standard InChI is InChI=1S/C16H24N2O2.2ClH/c1-3-6-17-12-14-4-5-16(19-2)15(11-14)13-18-7-9-20-10-8-18;;/h3-5,11,17H,1,6-10,12-13H2,2H3;2*1H. The van der Waals surface area contributed by atoms with Crippen molar-refractivity contribution in [2.24, 2.45) is 0 Å². The van der Waals surface area contributed by atoms with Gasteiger partial charge in [0.25, 0.3) is 0 Å². The highest BCUT2D eigenvalue weighted by molar-refractivity contribution is 5.85. The Bertz CT molecular complexity index is 438. The molecule has 0 bridgehead atoms. The summed E-state index contributed by atoms with van der Waals surface area (Å²) in [6, 6.07) is 6.39. The molecule has 1 fully saturated rings. The van der Waals surface area contributed by atoms with Crippen LogP contribution >= 0.6 is 24.8 Å². The van der Waals surface area contributed by atoms with E-state index < -0.39 is 0 Å². The van der Waals surface area contributed by atoms with Crippen LogP contribution in [0.3, 0.4) is 0 Å². The summed E-state index contributed by atoms with van der Waals surface area (Å²) < 4.78 is 10.9. The molecule has 0 aromatic heterocycles. The van der Waals surface area contributed by atoms with Crippen molar-refractivity contribution >= 4 is 24.8 Å². The third-order valence-corrected chi connectivity index (χ3v) is 3.46. The minimum Gasteiger partial charge on any atom is -0.496 e. The summed E-state index contributed by atoms with van der Waals surface area (Å²) in [4.78, 5) is 2.41. The van der Waals surface area contributed by atoms with Crippen LogP contribution in [-0.4, -0.2) is 44.9 Å². The van der Waals surface area contributed by atoms with E-state index in [0.29, 0.717) is 0 Å². The number of hydrogen-bond acceptors (Lipinski definition) is 4. The predicted molar refractivity (Wildman–Crippen MR) is 95.5 cm³/mol. The Balaban J connectivity index is 0.00000220. The Kier molecular flexibility index (Phi) is 11.3. The number of rotatable bonds is 7. The molecule has 0 radical (unpaired) electrons. The van der Waals surface area contributed by atoms with Crippen molar-refractivity contribution in [1.29, 1.82) is 0 Å². The Morgan fingerprint density at radius 3 is 2.68 bits per heavy atom. The third-order valence-electron chi connectivity index (χ3n) is 3.46. The van der Waals surface area contributed by atoms with Crippen LogP contribution in [0, 0.1) is 0 Å². The van der Waals surface area contributed by atoms with E-state index in [1.54, 1.807) is 7.11 Å². The van der Waals surface area contributed by atoms with Crippen molar-refractivity contribution in [1.82, 2.24) is 10.2 Å². The summed E-state index contributed by atoms with van der Waals surface area (Å²) in [5, 5.41) is 3.33. The molecule has 1 aromatic carbocycles. The van der Waals surface area contributed by atoms with Crippen molar-refractivity contribution in [2.75, 3.05) is 40.0 Å². The lowest BCUT2D eigenvalue weighted by Gasteiger charge is -2.27. The molecule has 0 spiro atoms. The van der Waals surface area contributed by atoms with Gasteiger partial charge in [0.15, 0.2) is 0 Å². The maximum atomic E-state index is 5.47. The fourth-order valence-electron chi connectivity index (χ4n) is 2.38. The molecule has 0 unspecified atom stereocenters. The van der Waals surface area contributed by atoms with E-state index in [1.165, 1.54) is 11.1 Å². The number of methoxy groups -OCH3 is 1. The van der Waals surface area contributed by atoms with Crippen LogP contribution < -0.4 is 10.1 Å². The van der Waals surface area contributed by atoms with E-state index in [0.717, 1.165) is 51.7 Å². The first-order valence-corrected chi connectivity index (χ1v) is 7.11. The largest absolute Gasteiger partial charge is 0.496 e. The van der Waals surface area contributed by atoms with Crippen molar-refractivity contribution in [3.63, 3.8) is 0 Å². The molecular formula is C16H26Cl2N2O2. The molecule has 0 saturated carbocycles. The molecule has 4 nitrogen and oxygen atoms in total. The molecule has 0 atom stereocenters. The second kappa shape index (κ2) is 11.7. The van der Waals surface area contributed by atoms with Crippen LogP contribution in [0.4, 0.5) is 0 Å². The molecule has 2 rings (SSSR count). The average molecular weight is 349 g/mol. The molecule has 1 saturated heterocycles. The van der Waals surface area contributed by atoms with Gasteiger partial charge in [0, 0.05) is 38.3 Å². The number of ether oxygens (including phenoxy) is 2. The van der Waals surface area contributed by atoms with Gasteiger partial charge in [-0.15, -0.1) is 31.4 Å². The van der Waals surface area contributed by atoms with E-state index in [4.69, 9.17) is 9.47 Å². The second-order valence-electron chi connectivity index (χ2n) is 4.95. The van der Waals surface area contributed by atoms with E-state index in [9.17, 15) is 0 Å². The van der Waals surface area contributed by atoms with Gasteiger partial charge in [0.1, 0.15) is 5.75 Å². The van der Waals surface area contributed by atoms with Gasteiger partial charge in [-0.25, -0.2) is 0 Å². The van der Waals surface area contributed by atoms with Crippen molar-refractivity contribution in [3.05, 3.63) is 42.0 Å². The van der Waals surface area contributed by atoms with Crippen molar-refractivity contribution < 1.29 is 9.47 Å². The van der Waals surface area contributed by atoms with Crippen LogP contribution in [0.5, 0.6) is 5.75 Å². The molecule has 126 valence electrons. The number of nitrogens with zero attached hydrogens (tertiary/aromatic N) is 1. The van der Waals surface area contributed by atoms with Gasteiger partial charge < -0.3 is 14.8 Å². The zero-order chi connectivity index (χ0) is 14.2. The summed E-state index contributed by atoms with van der Waals surface area (Å²) >= 11 is 0. The van der Waals surface area contributed by atoms with Gasteiger partial charge in [0.05, 0.1) is 20.3 Å². The van der Waals surface area contributed by atoms with Crippen LogP contribution in [0.1, 0.15) is 11.1 Å². The quantitative estimate of drug-likeness (QED) is 0.606. The molecule has 0 amide bonds. The smallest absolute Gasteiger partial charge is 0.123 e. The fourth-order valence-corrected chi connectivity index (χ4v) is 2.38. The highest BCUT2D eigenvalue weighted by Crippen LogP contribution is 2.22. The Morgan fingerprint density at radius 2 is 2.05 bits per heavy atom. The molecule has 0 aliphatic carbocycles. The van der Waals surface area contributed by atoms with E-state index in [-0.39, 0.29) is 24.8 Å². The molecular weight excluding hydrogens is 323 g/mol. The second-order valence-corrected chi connectivity index (χ2v) is 4.95. The first-order valence-electron chi connectivity index (χ1n) is 7.11. The highest BCUT2D eigenvalue weighted by atomic mass is 35.5. The van der Waals surface area contributed by atoms with Crippen molar-refractivity contribution in [2.45, 2.75) is 13.1 Å². The number of benzene rings is 1. The maximum absolute atomic E-state index is 5.47. The SMILES string of the molecule is C=CCNCc1ccc(OC)c(CN2CCOCC2)c1.Cl.Cl. The summed E-state index contributed by atoms with van der Waals surface area (Å²) in [7, 11) is 1.73.